The van der Waals surface area contributed by atoms with Crippen molar-refractivity contribution >= 4 is 10.0 Å². The predicted molar refractivity (Wildman–Crippen MR) is 47.3 cm³/mol. The molecule has 1 rings (SSSR count). The molecule has 0 spiro atoms. The molecule has 0 aliphatic carbocycles. The third kappa shape index (κ3) is 2.06. The maximum Gasteiger partial charge on any atom is 0.257 e. The largest absolute Gasteiger partial charge is 0.326 e. The number of H-pyrrole nitrogens is 1. The van der Waals surface area contributed by atoms with Crippen molar-refractivity contribution in [2.45, 2.75) is 18.5 Å². The highest BCUT2D eigenvalue weighted by atomic mass is 32.2. The van der Waals surface area contributed by atoms with Gasteiger partial charge < -0.3 is 5.73 Å². The molecule has 0 aliphatic heterocycles. The molecule has 0 amide bonds. The zero-order chi connectivity index (χ0) is 9.90. The van der Waals surface area contributed by atoms with Crippen molar-refractivity contribution in [3.05, 3.63) is 11.8 Å². The molecule has 7 heteroatoms. The van der Waals surface area contributed by atoms with Crippen molar-refractivity contribution in [3.8, 4) is 0 Å². The van der Waals surface area contributed by atoms with Crippen LogP contribution in [0.5, 0.6) is 0 Å². The quantitative estimate of drug-likeness (QED) is 0.595. The van der Waals surface area contributed by atoms with Gasteiger partial charge in [-0.1, -0.05) is 6.92 Å². The second-order valence-corrected chi connectivity index (χ2v) is 4.13. The Labute approximate surface area is 76.6 Å². The fraction of sp³-hybridized carbons (Fsp3) is 0.500. The van der Waals surface area contributed by atoms with Crippen molar-refractivity contribution in [3.63, 3.8) is 0 Å². The van der Waals surface area contributed by atoms with Crippen LogP contribution >= 0.6 is 0 Å². The molecule has 1 aromatic rings. The minimum absolute atomic E-state index is 0.0526. The third-order valence-electron chi connectivity index (χ3n) is 1.50. The molecular formula is C6H12N4O2S. The van der Waals surface area contributed by atoms with Crippen molar-refractivity contribution in [1.29, 1.82) is 0 Å². The maximum atomic E-state index is 11.4. The Morgan fingerprint density at radius 2 is 2.38 bits per heavy atom. The Kier molecular flexibility index (Phi) is 3.02. The van der Waals surface area contributed by atoms with Crippen LogP contribution in [0.25, 0.3) is 0 Å². The van der Waals surface area contributed by atoms with Gasteiger partial charge in [-0.15, -0.1) is 0 Å². The maximum absolute atomic E-state index is 11.4. The molecule has 0 aromatic carbocycles. The summed E-state index contributed by atoms with van der Waals surface area (Å²) in [5, 5.41) is 6.07. The van der Waals surface area contributed by atoms with E-state index < -0.39 is 10.0 Å². The first kappa shape index (κ1) is 10.2. The lowest BCUT2D eigenvalue weighted by molar-refractivity contribution is 0.578. The van der Waals surface area contributed by atoms with E-state index >= 15 is 0 Å². The fourth-order valence-electron chi connectivity index (χ4n) is 0.940. The topological polar surface area (TPSA) is 101 Å². The standard InChI is InChI=1S/C6H12N4O2S/c1-2-9-13(11,12)6-5(3-7)4-8-10-6/h4,9H,2-3,7H2,1H3,(H,8,10). The molecule has 13 heavy (non-hydrogen) atoms. The fourth-order valence-corrected chi connectivity index (χ4v) is 2.12. The number of nitrogens with one attached hydrogen (secondary N) is 2. The molecule has 0 fully saturated rings. The van der Waals surface area contributed by atoms with E-state index in [-0.39, 0.29) is 11.6 Å². The summed E-state index contributed by atoms with van der Waals surface area (Å²) in [5.74, 6) is 0. The highest BCUT2D eigenvalue weighted by molar-refractivity contribution is 7.89. The van der Waals surface area contributed by atoms with Gasteiger partial charge in [0, 0.05) is 18.7 Å². The average molecular weight is 204 g/mol. The van der Waals surface area contributed by atoms with Gasteiger partial charge in [0.05, 0.1) is 6.20 Å². The van der Waals surface area contributed by atoms with Gasteiger partial charge in [-0.2, -0.15) is 5.10 Å². The normalized spacial score (nSPS) is 11.8. The second-order valence-electron chi connectivity index (χ2n) is 2.43. The van der Waals surface area contributed by atoms with E-state index in [1.54, 1.807) is 6.92 Å². The number of sulfonamides is 1. The first-order chi connectivity index (χ1) is 6.11. The van der Waals surface area contributed by atoms with Crippen LogP contribution in [0.4, 0.5) is 0 Å². The van der Waals surface area contributed by atoms with E-state index in [9.17, 15) is 8.42 Å². The summed E-state index contributed by atoms with van der Waals surface area (Å²) >= 11 is 0. The Bertz CT molecular complexity index is 370. The van der Waals surface area contributed by atoms with Crippen LogP contribution in [0, 0.1) is 0 Å². The summed E-state index contributed by atoms with van der Waals surface area (Å²) in [7, 11) is -3.46. The molecule has 0 saturated heterocycles. The third-order valence-corrected chi connectivity index (χ3v) is 3.06. The first-order valence-electron chi connectivity index (χ1n) is 3.83. The number of rotatable bonds is 4. The molecule has 0 saturated carbocycles. The van der Waals surface area contributed by atoms with E-state index in [0.717, 1.165) is 0 Å². The molecule has 4 N–H and O–H groups in total. The molecule has 6 nitrogen and oxygen atoms in total. The summed E-state index contributed by atoms with van der Waals surface area (Å²) in [5.41, 5.74) is 5.82. The zero-order valence-electron chi connectivity index (χ0n) is 7.24. The van der Waals surface area contributed by atoms with Gasteiger partial charge >= 0.3 is 0 Å². The number of nitrogens with two attached hydrogens (primary N) is 1. The van der Waals surface area contributed by atoms with Gasteiger partial charge in [-0.25, -0.2) is 13.1 Å². The van der Waals surface area contributed by atoms with E-state index in [0.29, 0.717) is 12.1 Å². The molecule has 1 heterocycles. The highest BCUT2D eigenvalue weighted by Crippen LogP contribution is 2.09. The molecule has 0 radical (unpaired) electrons. The van der Waals surface area contributed by atoms with Crippen LogP contribution in [0.2, 0.25) is 0 Å². The van der Waals surface area contributed by atoms with Gasteiger partial charge in [0.15, 0.2) is 5.03 Å². The average Bonchev–Trinajstić information content (AvgIpc) is 2.51. The van der Waals surface area contributed by atoms with Crippen LogP contribution in [-0.2, 0) is 16.6 Å². The van der Waals surface area contributed by atoms with Gasteiger partial charge in [-0.3, -0.25) is 5.10 Å². The van der Waals surface area contributed by atoms with Crippen LogP contribution in [0.15, 0.2) is 11.2 Å². The lowest BCUT2D eigenvalue weighted by atomic mass is 10.4. The van der Waals surface area contributed by atoms with Crippen LogP contribution in [0.3, 0.4) is 0 Å². The van der Waals surface area contributed by atoms with Crippen molar-refractivity contribution in [2.75, 3.05) is 6.54 Å². The molecule has 1 aromatic heterocycles. The summed E-state index contributed by atoms with van der Waals surface area (Å²) in [4.78, 5) is 0. The summed E-state index contributed by atoms with van der Waals surface area (Å²) in [6, 6.07) is 0. The number of nitrogens with zero attached hydrogens (tertiary/aromatic N) is 1. The lowest BCUT2D eigenvalue weighted by Crippen LogP contribution is -2.24. The monoisotopic (exact) mass is 204 g/mol. The van der Waals surface area contributed by atoms with Crippen molar-refractivity contribution in [1.82, 2.24) is 14.9 Å². The Morgan fingerprint density at radius 1 is 1.69 bits per heavy atom. The highest BCUT2D eigenvalue weighted by Gasteiger charge is 2.18. The minimum atomic E-state index is -3.46. The minimum Gasteiger partial charge on any atom is -0.326 e. The molecular weight excluding hydrogens is 192 g/mol. The summed E-state index contributed by atoms with van der Waals surface area (Å²) < 4.78 is 25.2. The Balaban J connectivity index is 3.07. The number of aromatic amines is 1. The van der Waals surface area contributed by atoms with E-state index in [2.05, 4.69) is 14.9 Å². The molecule has 0 bridgehead atoms. The number of hydrogen-bond donors (Lipinski definition) is 3. The van der Waals surface area contributed by atoms with Crippen LogP contribution in [-0.4, -0.2) is 25.2 Å². The van der Waals surface area contributed by atoms with Gasteiger partial charge in [0.2, 0.25) is 0 Å². The van der Waals surface area contributed by atoms with Crippen molar-refractivity contribution in [2.24, 2.45) is 5.73 Å². The zero-order valence-corrected chi connectivity index (χ0v) is 8.06. The first-order valence-corrected chi connectivity index (χ1v) is 5.32. The van der Waals surface area contributed by atoms with Gasteiger partial charge in [-0.05, 0) is 0 Å². The lowest BCUT2D eigenvalue weighted by Gasteiger charge is -2.02. The second kappa shape index (κ2) is 3.86. The number of aromatic nitrogens is 2. The number of hydrogen-bond acceptors (Lipinski definition) is 4. The van der Waals surface area contributed by atoms with E-state index in [1.807, 2.05) is 0 Å². The van der Waals surface area contributed by atoms with E-state index in [4.69, 9.17) is 5.73 Å². The molecule has 0 unspecified atom stereocenters. The molecule has 0 aliphatic rings. The molecule has 0 atom stereocenters. The smallest absolute Gasteiger partial charge is 0.257 e. The van der Waals surface area contributed by atoms with Crippen LogP contribution < -0.4 is 10.5 Å². The Hall–Kier alpha value is -0.920. The van der Waals surface area contributed by atoms with Gasteiger partial charge in [0.1, 0.15) is 0 Å². The van der Waals surface area contributed by atoms with Gasteiger partial charge in [0.25, 0.3) is 10.0 Å². The van der Waals surface area contributed by atoms with E-state index in [1.165, 1.54) is 6.20 Å². The van der Waals surface area contributed by atoms with Crippen LogP contribution in [0.1, 0.15) is 12.5 Å². The molecule has 74 valence electrons. The SMILES string of the molecule is CCNS(=O)(=O)c1[nH]ncc1CN. The Morgan fingerprint density at radius 3 is 2.92 bits per heavy atom. The predicted octanol–water partition coefficient (Wildman–Crippen LogP) is -0.833. The summed E-state index contributed by atoms with van der Waals surface area (Å²) in [6.45, 7) is 2.19. The summed E-state index contributed by atoms with van der Waals surface area (Å²) in [6.07, 6.45) is 1.41. The van der Waals surface area contributed by atoms with Crippen molar-refractivity contribution < 1.29 is 8.42 Å².